The molecule has 0 bridgehead atoms. The number of hydrogen-bond donors (Lipinski definition) is 2. The van der Waals surface area contributed by atoms with Crippen molar-refractivity contribution >= 4 is 41.0 Å². The van der Waals surface area contributed by atoms with Crippen LogP contribution in [-0.2, 0) is 27.4 Å². The SMILES string of the molecule is CN(CC(=O)NC(=O)[C@H](Cc1ccccc1)NC(=O)OCc1ccccc1)c1ccc(Cl)cc1C(=O)c1ccccc1. The van der Waals surface area contributed by atoms with Gasteiger partial charge < -0.3 is 15.0 Å². The second-order valence-corrected chi connectivity index (χ2v) is 10.0. The Morgan fingerprint density at radius 1 is 0.810 bits per heavy atom. The smallest absolute Gasteiger partial charge is 0.408 e. The van der Waals surface area contributed by atoms with Crippen molar-refractivity contribution in [1.29, 1.82) is 0 Å². The highest BCUT2D eigenvalue weighted by Gasteiger charge is 2.25. The molecule has 0 spiro atoms. The van der Waals surface area contributed by atoms with Crippen LogP contribution in [0, 0.1) is 0 Å². The van der Waals surface area contributed by atoms with Crippen LogP contribution in [0.15, 0.2) is 109 Å². The fourth-order valence-corrected chi connectivity index (χ4v) is 4.47. The van der Waals surface area contributed by atoms with Gasteiger partial charge in [-0.3, -0.25) is 19.7 Å². The van der Waals surface area contributed by atoms with Crippen molar-refractivity contribution in [3.63, 3.8) is 0 Å². The third-order valence-corrected chi connectivity index (χ3v) is 6.63. The first-order valence-electron chi connectivity index (χ1n) is 13.3. The number of alkyl carbamates (subject to hydrolysis) is 1. The zero-order valence-electron chi connectivity index (χ0n) is 23.0. The Balaban J connectivity index is 1.43. The Hall–Kier alpha value is -4.95. The number of carbonyl (C=O) groups excluding carboxylic acids is 4. The zero-order valence-corrected chi connectivity index (χ0v) is 23.7. The van der Waals surface area contributed by atoms with Crippen molar-refractivity contribution in [2.24, 2.45) is 0 Å². The number of amides is 3. The van der Waals surface area contributed by atoms with Gasteiger partial charge in [-0.2, -0.15) is 0 Å². The van der Waals surface area contributed by atoms with Gasteiger partial charge in [0.25, 0.3) is 0 Å². The quantitative estimate of drug-likeness (QED) is 0.236. The number of carbonyl (C=O) groups is 4. The van der Waals surface area contributed by atoms with Crippen LogP contribution in [0.25, 0.3) is 0 Å². The molecule has 9 heteroatoms. The molecule has 1 atom stereocenters. The van der Waals surface area contributed by atoms with E-state index < -0.39 is 23.9 Å². The van der Waals surface area contributed by atoms with Crippen LogP contribution in [0.2, 0.25) is 5.02 Å². The lowest BCUT2D eigenvalue weighted by Gasteiger charge is -2.23. The number of hydrogen-bond acceptors (Lipinski definition) is 6. The van der Waals surface area contributed by atoms with Gasteiger partial charge in [-0.1, -0.05) is 103 Å². The average molecular weight is 584 g/mol. The summed E-state index contributed by atoms with van der Waals surface area (Å²) in [6.07, 6.45) is -0.645. The first-order chi connectivity index (χ1) is 20.3. The van der Waals surface area contributed by atoms with E-state index in [4.69, 9.17) is 16.3 Å². The summed E-state index contributed by atoms with van der Waals surface area (Å²) in [5.41, 5.74) is 2.85. The molecular weight excluding hydrogens is 554 g/mol. The third-order valence-electron chi connectivity index (χ3n) is 6.40. The summed E-state index contributed by atoms with van der Waals surface area (Å²) < 4.78 is 5.29. The molecule has 0 aliphatic carbocycles. The molecule has 0 aliphatic heterocycles. The minimum atomic E-state index is -1.07. The first-order valence-corrected chi connectivity index (χ1v) is 13.6. The second-order valence-electron chi connectivity index (χ2n) is 9.57. The molecule has 0 aromatic heterocycles. The number of halogens is 1. The number of ketones is 1. The highest BCUT2D eigenvalue weighted by Crippen LogP contribution is 2.26. The van der Waals surface area contributed by atoms with E-state index in [-0.39, 0.29) is 25.4 Å². The van der Waals surface area contributed by atoms with Crippen molar-refractivity contribution in [1.82, 2.24) is 10.6 Å². The fourth-order valence-electron chi connectivity index (χ4n) is 4.30. The maximum absolute atomic E-state index is 13.2. The standard InChI is InChI=1S/C33H30ClN3O5/c1-37(29-18-17-26(34)20-27(29)31(39)25-15-9-4-10-16-25)21-30(38)36-32(40)28(19-23-11-5-2-6-12-23)35-33(41)42-22-24-13-7-3-8-14-24/h2-18,20,28H,19,21-22H2,1H3,(H,35,41)(H,36,38,40)/t28-/m0/s1. The summed E-state index contributed by atoms with van der Waals surface area (Å²) in [7, 11) is 1.63. The van der Waals surface area contributed by atoms with Crippen molar-refractivity contribution in [3.8, 4) is 0 Å². The molecule has 3 amide bonds. The van der Waals surface area contributed by atoms with E-state index in [1.165, 1.54) is 0 Å². The largest absolute Gasteiger partial charge is 0.445 e. The molecule has 8 nitrogen and oxygen atoms in total. The van der Waals surface area contributed by atoms with Crippen molar-refractivity contribution in [3.05, 3.63) is 136 Å². The second kappa shape index (κ2) is 14.6. The third kappa shape index (κ3) is 8.52. The van der Waals surface area contributed by atoms with Gasteiger partial charge in [0.15, 0.2) is 5.78 Å². The number of benzene rings is 4. The molecule has 0 heterocycles. The number of rotatable bonds is 11. The Morgan fingerprint density at radius 3 is 2.05 bits per heavy atom. The van der Waals surface area contributed by atoms with Crippen LogP contribution in [0.5, 0.6) is 0 Å². The van der Waals surface area contributed by atoms with Gasteiger partial charge in [-0.15, -0.1) is 0 Å². The minimum Gasteiger partial charge on any atom is -0.445 e. The van der Waals surface area contributed by atoms with E-state index in [0.29, 0.717) is 21.8 Å². The van der Waals surface area contributed by atoms with Gasteiger partial charge >= 0.3 is 6.09 Å². The van der Waals surface area contributed by atoms with E-state index in [9.17, 15) is 19.2 Å². The van der Waals surface area contributed by atoms with Crippen LogP contribution in [0.3, 0.4) is 0 Å². The summed E-state index contributed by atoms with van der Waals surface area (Å²) >= 11 is 6.19. The average Bonchev–Trinajstić information content (AvgIpc) is 3.00. The summed E-state index contributed by atoms with van der Waals surface area (Å²) in [6, 6.07) is 30.7. The summed E-state index contributed by atoms with van der Waals surface area (Å²) in [6.45, 7) is -0.208. The molecular formula is C33H30ClN3O5. The molecule has 4 aromatic rings. The number of likely N-dealkylation sites (N-methyl/N-ethyl adjacent to an activating group) is 1. The number of imide groups is 1. The monoisotopic (exact) mass is 583 g/mol. The van der Waals surface area contributed by atoms with Gasteiger partial charge in [0, 0.05) is 35.3 Å². The summed E-state index contributed by atoms with van der Waals surface area (Å²) in [5, 5.41) is 5.32. The molecule has 0 radical (unpaired) electrons. The molecule has 4 rings (SSSR count). The maximum Gasteiger partial charge on any atom is 0.408 e. The van der Waals surface area contributed by atoms with Gasteiger partial charge in [0.2, 0.25) is 11.8 Å². The lowest BCUT2D eigenvalue weighted by molar-refractivity contribution is -0.130. The molecule has 0 unspecified atom stereocenters. The Bertz CT molecular complexity index is 1530. The maximum atomic E-state index is 13.2. The number of ether oxygens (including phenoxy) is 1. The van der Waals surface area contributed by atoms with Gasteiger partial charge in [0.05, 0.1) is 6.54 Å². The zero-order chi connectivity index (χ0) is 29.9. The van der Waals surface area contributed by atoms with Crippen LogP contribution >= 0.6 is 11.6 Å². The number of anilines is 1. The number of nitrogens with zero attached hydrogens (tertiary/aromatic N) is 1. The molecule has 214 valence electrons. The Labute approximate surface area is 249 Å². The molecule has 42 heavy (non-hydrogen) atoms. The van der Waals surface area contributed by atoms with Crippen molar-refractivity contribution < 1.29 is 23.9 Å². The Morgan fingerprint density at radius 2 is 1.40 bits per heavy atom. The molecule has 0 fully saturated rings. The lowest BCUT2D eigenvalue weighted by atomic mass is 10.0. The highest BCUT2D eigenvalue weighted by atomic mass is 35.5. The summed E-state index contributed by atoms with van der Waals surface area (Å²) in [5.74, 6) is -1.56. The topological polar surface area (TPSA) is 105 Å². The fraction of sp³-hybridized carbons (Fsp3) is 0.152. The lowest BCUT2D eigenvalue weighted by Crippen LogP contribution is -2.51. The number of nitrogens with one attached hydrogen (secondary N) is 2. The molecule has 0 saturated heterocycles. The minimum absolute atomic E-state index is 0.0290. The predicted octanol–water partition coefficient (Wildman–Crippen LogP) is 5.19. The van der Waals surface area contributed by atoms with Crippen LogP contribution in [0.1, 0.15) is 27.0 Å². The molecule has 0 saturated carbocycles. The van der Waals surface area contributed by atoms with Gasteiger partial charge in [-0.25, -0.2) is 4.79 Å². The van der Waals surface area contributed by atoms with E-state index >= 15 is 0 Å². The van der Waals surface area contributed by atoms with Gasteiger partial charge in [-0.05, 0) is 29.3 Å². The van der Waals surface area contributed by atoms with Crippen molar-refractivity contribution in [2.45, 2.75) is 19.1 Å². The van der Waals surface area contributed by atoms with E-state index in [2.05, 4.69) is 10.6 Å². The molecule has 4 aromatic carbocycles. The van der Waals surface area contributed by atoms with Crippen LogP contribution in [-0.4, -0.2) is 43.3 Å². The van der Waals surface area contributed by atoms with Crippen molar-refractivity contribution in [2.75, 3.05) is 18.5 Å². The van der Waals surface area contributed by atoms with Crippen LogP contribution in [0.4, 0.5) is 10.5 Å². The van der Waals surface area contributed by atoms with E-state index in [0.717, 1.165) is 11.1 Å². The van der Waals surface area contributed by atoms with E-state index in [1.807, 2.05) is 66.7 Å². The molecule has 2 N–H and O–H groups in total. The van der Waals surface area contributed by atoms with Gasteiger partial charge in [0.1, 0.15) is 12.6 Å². The predicted molar refractivity (Wildman–Crippen MR) is 161 cm³/mol. The normalized spacial score (nSPS) is 11.2. The highest BCUT2D eigenvalue weighted by molar-refractivity contribution is 6.31. The van der Waals surface area contributed by atoms with E-state index in [1.54, 1.807) is 54.4 Å². The Kier molecular flexibility index (Phi) is 10.4. The first kappa shape index (κ1) is 30.0. The summed E-state index contributed by atoms with van der Waals surface area (Å²) in [4.78, 5) is 53.5. The van der Waals surface area contributed by atoms with Crippen LogP contribution < -0.4 is 15.5 Å². The molecule has 0 aliphatic rings.